The maximum absolute atomic E-state index is 12.8. The standard InChI is InChI=1S/C22H22F3N5O/c1-3-15-9-12-19(30-29-15)28-21(31)16(4-2)13-5-7-14(8-6-13)17-10-11-18(22(23,24)25)27-20(17)26/h1,9-12,14H,4-8H2,2H3,(H2,26,27)(H,28,30,31). The van der Waals surface area contributed by atoms with Crippen molar-refractivity contribution in [3.63, 3.8) is 0 Å². The van der Waals surface area contributed by atoms with Crippen LogP contribution in [0, 0.1) is 12.3 Å². The van der Waals surface area contributed by atoms with Gasteiger partial charge in [-0.05, 0) is 67.7 Å². The number of terminal acetylenes is 1. The summed E-state index contributed by atoms with van der Waals surface area (Å²) < 4.78 is 38.4. The maximum Gasteiger partial charge on any atom is 0.433 e. The number of nitrogens with one attached hydrogen (secondary N) is 1. The van der Waals surface area contributed by atoms with Crippen LogP contribution in [-0.2, 0) is 11.0 Å². The van der Waals surface area contributed by atoms with Gasteiger partial charge in [0.2, 0.25) is 0 Å². The van der Waals surface area contributed by atoms with Crippen LogP contribution in [0.5, 0.6) is 0 Å². The summed E-state index contributed by atoms with van der Waals surface area (Å²) >= 11 is 0. The number of carbonyl (C=O) groups is 1. The molecule has 1 saturated carbocycles. The van der Waals surface area contributed by atoms with Crippen molar-refractivity contribution in [3.05, 3.63) is 52.4 Å². The first-order chi connectivity index (χ1) is 14.7. The van der Waals surface area contributed by atoms with E-state index < -0.39 is 11.9 Å². The number of aromatic nitrogens is 3. The first-order valence-electron chi connectivity index (χ1n) is 9.89. The highest BCUT2D eigenvalue weighted by atomic mass is 19.4. The molecular formula is C22H22F3N5O. The van der Waals surface area contributed by atoms with E-state index in [0.717, 1.165) is 11.6 Å². The molecule has 1 fully saturated rings. The summed E-state index contributed by atoms with van der Waals surface area (Å²) in [6, 6.07) is 5.56. The van der Waals surface area contributed by atoms with Crippen LogP contribution >= 0.6 is 0 Å². The molecule has 0 unspecified atom stereocenters. The normalized spacial score (nSPS) is 16.5. The van der Waals surface area contributed by atoms with E-state index >= 15 is 0 Å². The molecule has 2 aromatic heterocycles. The van der Waals surface area contributed by atoms with E-state index in [4.69, 9.17) is 12.2 Å². The van der Waals surface area contributed by atoms with Crippen LogP contribution in [0.15, 0.2) is 35.4 Å². The second kappa shape index (κ2) is 9.16. The second-order valence-corrected chi connectivity index (χ2v) is 7.28. The molecule has 0 bridgehead atoms. The lowest BCUT2D eigenvalue weighted by Gasteiger charge is -2.27. The van der Waals surface area contributed by atoms with E-state index in [9.17, 15) is 18.0 Å². The first kappa shape index (κ1) is 22.3. The Morgan fingerprint density at radius 3 is 2.45 bits per heavy atom. The molecule has 31 heavy (non-hydrogen) atoms. The highest BCUT2D eigenvalue weighted by Crippen LogP contribution is 2.40. The Balaban J connectivity index is 1.70. The Labute approximate surface area is 178 Å². The van der Waals surface area contributed by atoms with E-state index in [1.165, 1.54) is 6.07 Å². The summed E-state index contributed by atoms with van der Waals surface area (Å²) in [6.07, 6.45) is 3.95. The summed E-state index contributed by atoms with van der Waals surface area (Å²) in [4.78, 5) is 16.2. The number of amides is 1. The fourth-order valence-corrected chi connectivity index (χ4v) is 3.81. The van der Waals surface area contributed by atoms with Crippen molar-refractivity contribution in [2.45, 2.75) is 51.1 Å². The lowest BCUT2D eigenvalue weighted by atomic mass is 9.79. The number of hydrogen-bond acceptors (Lipinski definition) is 5. The number of rotatable bonds is 4. The minimum Gasteiger partial charge on any atom is -0.383 e. The van der Waals surface area contributed by atoms with Gasteiger partial charge in [-0.15, -0.1) is 16.6 Å². The van der Waals surface area contributed by atoms with Gasteiger partial charge in [0.05, 0.1) is 0 Å². The predicted octanol–water partition coefficient (Wildman–Crippen LogP) is 4.46. The number of nitrogens with two attached hydrogens (primary N) is 1. The first-order valence-corrected chi connectivity index (χ1v) is 9.89. The van der Waals surface area contributed by atoms with Gasteiger partial charge in [0.15, 0.2) is 5.82 Å². The Bertz CT molecular complexity index is 1030. The molecule has 0 spiro atoms. The van der Waals surface area contributed by atoms with Crippen LogP contribution in [0.4, 0.5) is 24.8 Å². The molecule has 0 radical (unpaired) electrons. The summed E-state index contributed by atoms with van der Waals surface area (Å²) in [6.45, 7) is 1.90. The minimum absolute atomic E-state index is 0.00174. The summed E-state index contributed by atoms with van der Waals surface area (Å²) in [5, 5.41) is 10.4. The molecule has 1 aliphatic rings. The number of halogens is 3. The molecule has 6 nitrogen and oxygen atoms in total. The van der Waals surface area contributed by atoms with Crippen LogP contribution in [0.3, 0.4) is 0 Å². The number of anilines is 2. The van der Waals surface area contributed by atoms with Gasteiger partial charge >= 0.3 is 6.18 Å². The van der Waals surface area contributed by atoms with Crippen LogP contribution in [0.1, 0.15) is 61.9 Å². The van der Waals surface area contributed by atoms with Crippen molar-refractivity contribution in [2.24, 2.45) is 0 Å². The average Bonchev–Trinajstić information content (AvgIpc) is 2.75. The Kier molecular flexibility index (Phi) is 6.59. The highest BCUT2D eigenvalue weighted by molar-refractivity contribution is 6.03. The Hall–Kier alpha value is -3.41. The van der Waals surface area contributed by atoms with Crippen LogP contribution < -0.4 is 11.1 Å². The van der Waals surface area contributed by atoms with Crippen molar-refractivity contribution in [1.29, 1.82) is 0 Å². The van der Waals surface area contributed by atoms with E-state index in [1.54, 1.807) is 12.1 Å². The summed E-state index contributed by atoms with van der Waals surface area (Å²) in [5.41, 5.74) is 7.53. The molecule has 9 heteroatoms. The Morgan fingerprint density at radius 1 is 1.23 bits per heavy atom. The van der Waals surface area contributed by atoms with Crippen LogP contribution in [0.2, 0.25) is 0 Å². The largest absolute Gasteiger partial charge is 0.433 e. The topological polar surface area (TPSA) is 93.8 Å². The zero-order valence-electron chi connectivity index (χ0n) is 17.0. The molecular weight excluding hydrogens is 407 g/mol. The molecule has 3 rings (SSSR count). The third-order valence-corrected chi connectivity index (χ3v) is 5.39. The van der Waals surface area contributed by atoms with Crippen LogP contribution in [0.25, 0.3) is 0 Å². The SMILES string of the molecule is C#Cc1ccc(NC(=O)C(CC)=C2CCC(c3ccc(C(F)(F)F)nc3N)CC2)nn1. The van der Waals surface area contributed by atoms with Gasteiger partial charge in [0.1, 0.15) is 17.2 Å². The molecule has 0 aliphatic heterocycles. The van der Waals surface area contributed by atoms with Crippen molar-refractivity contribution in [3.8, 4) is 12.3 Å². The number of alkyl halides is 3. The predicted molar refractivity (Wildman–Crippen MR) is 111 cm³/mol. The number of nitrogens with zero attached hydrogens (tertiary/aromatic N) is 3. The van der Waals surface area contributed by atoms with Gasteiger partial charge in [0.25, 0.3) is 5.91 Å². The minimum atomic E-state index is -4.52. The van der Waals surface area contributed by atoms with Crippen molar-refractivity contribution >= 4 is 17.5 Å². The zero-order valence-corrected chi connectivity index (χ0v) is 17.0. The van der Waals surface area contributed by atoms with Crippen molar-refractivity contribution in [1.82, 2.24) is 15.2 Å². The molecule has 3 N–H and O–H groups in total. The van der Waals surface area contributed by atoms with E-state index in [0.29, 0.717) is 54.8 Å². The molecule has 162 valence electrons. The third-order valence-electron chi connectivity index (χ3n) is 5.39. The van der Waals surface area contributed by atoms with Crippen LogP contribution in [-0.4, -0.2) is 21.1 Å². The average molecular weight is 429 g/mol. The fourth-order valence-electron chi connectivity index (χ4n) is 3.81. The highest BCUT2D eigenvalue weighted by Gasteiger charge is 2.33. The lowest BCUT2D eigenvalue weighted by Crippen LogP contribution is -2.19. The van der Waals surface area contributed by atoms with Crippen molar-refractivity contribution < 1.29 is 18.0 Å². The van der Waals surface area contributed by atoms with Gasteiger partial charge in [-0.25, -0.2) is 4.98 Å². The lowest BCUT2D eigenvalue weighted by molar-refractivity contribution is -0.141. The van der Waals surface area contributed by atoms with Gasteiger partial charge in [0, 0.05) is 5.57 Å². The number of pyridine rings is 1. The molecule has 1 amide bonds. The van der Waals surface area contributed by atoms with Gasteiger partial charge in [-0.2, -0.15) is 13.2 Å². The molecule has 2 aromatic rings. The van der Waals surface area contributed by atoms with E-state index in [2.05, 4.69) is 26.4 Å². The second-order valence-electron chi connectivity index (χ2n) is 7.28. The monoisotopic (exact) mass is 429 g/mol. The molecule has 0 aromatic carbocycles. The number of nitrogen functional groups attached to an aromatic ring is 1. The number of hydrogen-bond donors (Lipinski definition) is 2. The Morgan fingerprint density at radius 2 is 1.94 bits per heavy atom. The molecule has 1 aliphatic carbocycles. The quantitative estimate of drug-likeness (QED) is 0.553. The van der Waals surface area contributed by atoms with E-state index in [1.807, 2.05) is 6.92 Å². The van der Waals surface area contributed by atoms with E-state index in [-0.39, 0.29) is 17.6 Å². The smallest absolute Gasteiger partial charge is 0.383 e. The van der Waals surface area contributed by atoms with Crippen molar-refractivity contribution in [2.75, 3.05) is 11.1 Å². The van der Waals surface area contributed by atoms with Gasteiger partial charge < -0.3 is 11.1 Å². The van der Waals surface area contributed by atoms with Gasteiger partial charge in [-0.3, -0.25) is 4.79 Å². The molecule has 0 atom stereocenters. The summed E-state index contributed by atoms with van der Waals surface area (Å²) in [7, 11) is 0. The maximum atomic E-state index is 12.8. The number of allylic oxidation sites excluding steroid dienone is 1. The fraction of sp³-hybridized carbons (Fsp3) is 0.364. The number of carbonyl (C=O) groups excluding carboxylic acids is 1. The third kappa shape index (κ3) is 5.20. The summed E-state index contributed by atoms with van der Waals surface area (Å²) in [5.74, 6) is 2.35. The molecule has 0 saturated heterocycles. The zero-order chi connectivity index (χ0) is 22.6. The molecule has 2 heterocycles. The van der Waals surface area contributed by atoms with Gasteiger partial charge in [-0.1, -0.05) is 18.6 Å².